The van der Waals surface area contributed by atoms with Crippen LogP contribution in [-0.4, -0.2) is 0 Å². The Morgan fingerprint density at radius 3 is 1.62 bits per heavy atom. The molecule has 0 spiro atoms. The number of unbranched alkanes of at least 4 members (excludes halogenated alkanes) is 2. The summed E-state index contributed by atoms with van der Waals surface area (Å²) in [7, 11) is 0. The van der Waals surface area contributed by atoms with Crippen molar-refractivity contribution in [2.45, 2.75) is 72.6 Å². The van der Waals surface area contributed by atoms with Crippen LogP contribution >= 0.6 is 0 Å². The van der Waals surface area contributed by atoms with Crippen molar-refractivity contribution in [3.63, 3.8) is 0 Å². The molecule has 16 heavy (non-hydrogen) atoms. The van der Waals surface area contributed by atoms with E-state index in [9.17, 15) is 0 Å². The molecule has 0 fully saturated rings. The SMILES string of the molecule is C#C.CCCC.[CH2-]CCCC(C)CCC.[K+]. The van der Waals surface area contributed by atoms with Crippen molar-refractivity contribution < 1.29 is 51.4 Å². The van der Waals surface area contributed by atoms with E-state index >= 15 is 0 Å². The molecule has 92 valence electrons. The van der Waals surface area contributed by atoms with Gasteiger partial charge in [-0.25, -0.2) is 0 Å². The van der Waals surface area contributed by atoms with Gasteiger partial charge in [-0.15, -0.1) is 12.8 Å². The van der Waals surface area contributed by atoms with Crippen LogP contribution in [-0.2, 0) is 0 Å². The van der Waals surface area contributed by atoms with E-state index in [4.69, 9.17) is 0 Å². The summed E-state index contributed by atoms with van der Waals surface area (Å²) in [5.41, 5.74) is 0. The van der Waals surface area contributed by atoms with E-state index in [0.29, 0.717) is 0 Å². The topological polar surface area (TPSA) is 0 Å². The van der Waals surface area contributed by atoms with E-state index < -0.39 is 0 Å². The van der Waals surface area contributed by atoms with Crippen LogP contribution in [0.4, 0.5) is 0 Å². The van der Waals surface area contributed by atoms with E-state index in [0.717, 1.165) is 12.3 Å². The number of rotatable bonds is 6. The maximum Gasteiger partial charge on any atom is 1.00 e. The third kappa shape index (κ3) is 36.2. The van der Waals surface area contributed by atoms with Gasteiger partial charge in [-0.1, -0.05) is 66.2 Å². The first-order valence-electron chi connectivity index (χ1n) is 6.35. The van der Waals surface area contributed by atoms with Crippen LogP contribution < -0.4 is 51.4 Å². The quantitative estimate of drug-likeness (QED) is 0.386. The largest absolute Gasteiger partial charge is 1.00 e. The molecule has 0 radical (unpaired) electrons. The van der Waals surface area contributed by atoms with Gasteiger partial charge in [0.2, 0.25) is 0 Å². The van der Waals surface area contributed by atoms with E-state index in [1.807, 2.05) is 0 Å². The molecule has 0 N–H and O–H groups in total. The minimum atomic E-state index is 0. The van der Waals surface area contributed by atoms with Crippen molar-refractivity contribution in [1.29, 1.82) is 0 Å². The molecule has 0 aromatic carbocycles. The van der Waals surface area contributed by atoms with Gasteiger partial charge in [-0.3, -0.25) is 0 Å². The molecule has 0 amide bonds. The van der Waals surface area contributed by atoms with Crippen LogP contribution in [0.3, 0.4) is 0 Å². The Labute approximate surface area is 148 Å². The van der Waals surface area contributed by atoms with Crippen LogP contribution in [0.1, 0.15) is 72.6 Å². The van der Waals surface area contributed by atoms with Crippen LogP contribution in [0.15, 0.2) is 0 Å². The first-order chi connectivity index (χ1) is 7.22. The predicted octanol–water partition coefficient (Wildman–Crippen LogP) is 2.49. The Bertz CT molecular complexity index is 94.9. The van der Waals surface area contributed by atoms with Crippen molar-refractivity contribution in [3.05, 3.63) is 6.92 Å². The molecule has 0 saturated carbocycles. The number of hydrogen-bond acceptors (Lipinski definition) is 0. The molecule has 1 heteroatoms. The predicted molar refractivity (Wildman–Crippen MR) is 73.8 cm³/mol. The molecule has 0 nitrogen and oxygen atoms in total. The molecule has 0 heterocycles. The summed E-state index contributed by atoms with van der Waals surface area (Å²) in [4.78, 5) is 0. The fraction of sp³-hybridized carbons (Fsp3) is 0.800. The molecule has 1 atom stereocenters. The maximum atomic E-state index is 4.00. The van der Waals surface area contributed by atoms with Gasteiger partial charge in [0.1, 0.15) is 0 Å². The van der Waals surface area contributed by atoms with Crippen LogP contribution in [0.2, 0.25) is 0 Å². The van der Waals surface area contributed by atoms with Gasteiger partial charge in [0, 0.05) is 0 Å². The van der Waals surface area contributed by atoms with Gasteiger partial charge in [-0.2, -0.15) is 6.42 Å². The van der Waals surface area contributed by atoms with E-state index in [1.165, 1.54) is 38.5 Å². The van der Waals surface area contributed by atoms with Gasteiger partial charge in [-0.05, 0) is 5.92 Å². The minimum Gasteiger partial charge on any atom is -0.343 e. The van der Waals surface area contributed by atoms with Crippen LogP contribution in [0.25, 0.3) is 0 Å². The van der Waals surface area contributed by atoms with E-state index in [2.05, 4.69) is 47.5 Å². The molecular formula is C15H31K. The van der Waals surface area contributed by atoms with Crippen molar-refractivity contribution >= 4 is 0 Å². The smallest absolute Gasteiger partial charge is 0.343 e. The molecule has 0 aromatic heterocycles. The Morgan fingerprint density at radius 1 is 0.938 bits per heavy atom. The minimum absolute atomic E-state index is 0. The summed E-state index contributed by atoms with van der Waals surface area (Å²) in [6.07, 6.45) is 17.1. The fourth-order valence-electron chi connectivity index (χ4n) is 1.13. The van der Waals surface area contributed by atoms with Crippen molar-refractivity contribution in [1.82, 2.24) is 0 Å². The summed E-state index contributed by atoms with van der Waals surface area (Å²) in [5.74, 6) is 0.928. The zero-order chi connectivity index (χ0) is 12.5. The Kier molecular flexibility index (Phi) is 48.3. The Hall–Kier alpha value is 1.20. The fourth-order valence-corrected chi connectivity index (χ4v) is 1.13. The van der Waals surface area contributed by atoms with Crippen LogP contribution in [0.5, 0.6) is 0 Å². The molecule has 1 unspecified atom stereocenters. The Balaban J connectivity index is -0.0000000879. The molecule has 0 aromatic rings. The van der Waals surface area contributed by atoms with Gasteiger partial charge in [0.15, 0.2) is 0 Å². The monoisotopic (exact) mass is 250 g/mol. The third-order valence-corrected chi connectivity index (χ3v) is 2.23. The van der Waals surface area contributed by atoms with Gasteiger partial charge in [0.25, 0.3) is 0 Å². The first-order valence-corrected chi connectivity index (χ1v) is 6.35. The second-order valence-corrected chi connectivity index (χ2v) is 3.89. The molecule has 0 saturated heterocycles. The van der Waals surface area contributed by atoms with Crippen LogP contribution in [0, 0.1) is 25.7 Å². The molecule has 0 aliphatic heterocycles. The summed E-state index contributed by atoms with van der Waals surface area (Å²) in [6, 6.07) is 0. The van der Waals surface area contributed by atoms with Gasteiger partial charge in [0.05, 0.1) is 0 Å². The number of terminal acetylenes is 1. The normalized spacial score (nSPS) is 9.69. The molecule has 0 aliphatic rings. The standard InChI is InChI=1S/C9H19.C4H10.C2H2.K/c1-4-6-8-9(3)7-5-2;1-3-4-2;1-2;/h9H,1,4-8H2,2-3H3;3-4H2,1-2H3;1-2H;/q-1;;;+1. The van der Waals surface area contributed by atoms with Crippen molar-refractivity contribution in [2.24, 2.45) is 5.92 Å². The van der Waals surface area contributed by atoms with E-state index in [-0.39, 0.29) is 51.4 Å². The zero-order valence-corrected chi connectivity index (χ0v) is 15.5. The summed E-state index contributed by atoms with van der Waals surface area (Å²) >= 11 is 0. The van der Waals surface area contributed by atoms with Crippen molar-refractivity contribution in [3.8, 4) is 12.8 Å². The summed E-state index contributed by atoms with van der Waals surface area (Å²) in [6.45, 7) is 12.8. The van der Waals surface area contributed by atoms with E-state index in [1.54, 1.807) is 0 Å². The molecule has 0 rings (SSSR count). The first kappa shape index (κ1) is 25.9. The Morgan fingerprint density at radius 2 is 1.38 bits per heavy atom. The number of hydrogen-bond donors (Lipinski definition) is 0. The average Bonchev–Trinajstić information content (AvgIpc) is 2.30. The maximum absolute atomic E-state index is 4.00. The molecule has 0 aliphatic carbocycles. The molecular weight excluding hydrogens is 219 g/mol. The third-order valence-electron chi connectivity index (χ3n) is 2.23. The summed E-state index contributed by atoms with van der Waals surface area (Å²) in [5, 5.41) is 0. The second-order valence-electron chi connectivity index (χ2n) is 3.89. The zero-order valence-electron chi connectivity index (χ0n) is 12.4. The van der Waals surface area contributed by atoms with Crippen molar-refractivity contribution in [2.75, 3.05) is 0 Å². The average molecular weight is 251 g/mol. The van der Waals surface area contributed by atoms with Gasteiger partial charge >= 0.3 is 51.4 Å². The second kappa shape index (κ2) is 29.8. The van der Waals surface area contributed by atoms with Gasteiger partial charge < -0.3 is 6.92 Å². The summed E-state index contributed by atoms with van der Waals surface area (Å²) < 4.78 is 0. The molecule has 0 bridgehead atoms.